The first-order valence-corrected chi connectivity index (χ1v) is 7.74. The molecule has 0 aliphatic carbocycles. The van der Waals surface area contributed by atoms with Gasteiger partial charge in [0.05, 0.1) is 27.2 Å². The lowest BCUT2D eigenvalue weighted by molar-refractivity contribution is 0.0471. The molecule has 1 rings (SSSR count). The monoisotopic (exact) mass is 335 g/mol. The molecule has 0 heterocycles. The van der Waals surface area contributed by atoms with Crippen molar-refractivity contribution in [2.45, 2.75) is 33.6 Å². The van der Waals surface area contributed by atoms with E-state index in [1.807, 2.05) is 0 Å². The molecule has 0 saturated heterocycles. The van der Waals surface area contributed by atoms with Crippen LogP contribution in [-0.4, -0.2) is 12.6 Å². The van der Waals surface area contributed by atoms with Crippen LogP contribution >= 0.6 is 34.8 Å². The van der Waals surface area contributed by atoms with Gasteiger partial charge < -0.3 is 4.74 Å². The van der Waals surface area contributed by atoms with Crippen molar-refractivity contribution in [2.24, 2.45) is 11.8 Å². The average molecular weight is 337 g/mol. The van der Waals surface area contributed by atoms with Crippen LogP contribution in [-0.2, 0) is 4.74 Å². The summed E-state index contributed by atoms with van der Waals surface area (Å²) in [5.41, 5.74) is 0.0850. The minimum Gasteiger partial charge on any atom is -0.462 e. The van der Waals surface area contributed by atoms with Crippen molar-refractivity contribution in [1.82, 2.24) is 0 Å². The number of esters is 1. The van der Waals surface area contributed by atoms with Gasteiger partial charge >= 0.3 is 5.97 Å². The molecule has 1 aromatic rings. The van der Waals surface area contributed by atoms with Crippen molar-refractivity contribution in [1.29, 1.82) is 0 Å². The van der Waals surface area contributed by atoms with E-state index in [4.69, 9.17) is 39.5 Å². The van der Waals surface area contributed by atoms with Gasteiger partial charge in [0.1, 0.15) is 0 Å². The molecule has 111 valence electrons. The highest BCUT2D eigenvalue weighted by Gasteiger charge is 2.17. The van der Waals surface area contributed by atoms with Gasteiger partial charge in [0.25, 0.3) is 0 Å². The molecule has 5 heteroatoms. The van der Waals surface area contributed by atoms with Gasteiger partial charge in [-0.25, -0.2) is 4.79 Å². The molecule has 0 aliphatic heterocycles. The molecule has 20 heavy (non-hydrogen) atoms. The molecule has 0 amide bonds. The fraction of sp³-hybridized carbons (Fsp3) is 0.533. The van der Waals surface area contributed by atoms with Gasteiger partial charge in [0.15, 0.2) is 0 Å². The molecule has 1 unspecified atom stereocenters. The summed E-state index contributed by atoms with van der Waals surface area (Å²) in [7, 11) is 0. The van der Waals surface area contributed by atoms with Crippen molar-refractivity contribution in [3.05, 3.63) is 32.8 Å². The zero-order chi connectivity index (χ0) is 15.3. The topological polar surface area (TPSA) is 26.3 Å². The standard InChI is InChI=1S/C15H18Cl3O2/c1-4-10(9(2)3)5-6-20-15(19)12-7-11(16)8-13(17)14(12)18/h8-10H,4-6H2,1-3H3. The predicted molar refractivity (Wildman–Crippen MR) is 83.8 cm³/mol. The first-order chi connectivity index (χ1) is 9.36. The van der Waals surface area contributed by atoms with E-state index in [9.17, 15) is 4.79 Å². The lowest BCUT2D eigenvalue weighted by Crippen LogP contribution is -2.14. The third-order valence-electron chi connectivity index (χ3n) is 3.32. The number of hydrogen-bond donors (Lipinski definition) is 0. The molecule has 0 spiro atoms. The summed E-state index contributed by atoms with van der Waals surface area (Å²) >= 11 is 17.6. The summed E-state index contributed by atoms with van der Waals surface area (Å²) in [5, 5.41) is 0.577. The van der Waals surface area contributed by atoms with E-state index in [0.717, 1.165) is 12.8 Å². The Balaban J connectivity index is 2.64. The van der Waals surface area contributed by atoms with Gasteiger partial charge in [-0.15, -0.1) is 0 Å². The highest BCUT2D eigenvalue weighted by molar-refractivity contribution is 6.44. The number of halogens is 3. The van der Waals surface area contributed by atoms with Gasteiger partial charge in [-0.2, -0.15) is 0 Å². The average Bonchev–Trinajstić information content (AvgIpc) is 2.38. The summed E-state index contributed by atoms with van der Waals surface area (Å²) in [6.07, 6.45) is 1.89. The first-order valence-electron chi connectivity index (χ1n) is 6.60. The fourth-order valence-electron chi connectivity index (χ4n) is 2.03. The second-order valence-electron chi connectivity index (χ2n) is 4.99. The van der Waals surface area contributed by atoms with E-state index in [0.29, 0.717) is 18.4 Å². The van der Waals surface area contributed by atoms with Gasteiger partial charge in [0, 0.05) is 6.07 Å². The lowest BCUT2D eigenvalue weighted by Gasteiger charge is -2.18. The smallest absolute Gasteiger partial charge is 0.340 e. The van der Waals surface area contributed by atoms with Crippen LogP contribution in [0.5, 0.6) is 0 Å². The van der Waals surface area contributed by atoms with Crippen LogP contribution in [0.1, 0.15) is 44.0 Å². The maximum atomic E-state index is 12.0. The van der Waals surface area contributed by atoms with Crippen LogP contribution in [0.4, 0.5) is 0 Å². The summed E-state index contributed by atoms with van der Waals surface area (Å²) < 4.78 is 5.23. The maximum absolute atomic E-state index is 12.0. The van der Waals surface area contributed by atoms with Crippen LogP contribution < -0.4 is 0 Å². The highest BCUT2D eigenvalue weighted by Crippen LogP contribution is 2.30. The van der Waals surface area contributed by atoms with E-state index in [1.54, 1.807) is 0 Å². The number of rotatable bonds is 6. The van der Waals surface area contributed by atoms with Crippen LogP contribution in [0.3, 0.4) is 0 Å². The third-order valence-corrected chi connectivity index (χ3v) is 4.31. The Labute approximate surface area is 135 Å². The minimum atomic E-state index is -0.544. The first kappa shape index (κ1) is 17.6. The van der Waals surface area contributed by atoms with Crippen LogP contribution in [0.25, 0.3) is 0 Å². The quantitative estimate of drug-likeness (QED) is 0.493. The second-order valence-corrected chi connectivity index (χ2v) is 6.18. The molecule has 0 N–H and O–H groups in total. The number of carbonyl (C=O) groups excluding carboxylic acids is 1. The molecule has 1 aromatic carbocycles. The molecule has 1 radical (unpaired) electrons. The Morgan fingerprint density at radius 1 is 1.35 bits per heavy atom. The van der Waals surface area contributed by atoms with Crippen molar-refractivity contribution in [2.75, 3.05) is 6.61 Å². The Morgan fingerprint density at radius 3 is 2.55 bits per heavy atom. The lowest BCUT2D eigenvalue weighted by atomic mass is 9.91. The molecule has 0 bridgehead atoms. The van der Waals surface area contributed by atoms with E-state index in [-0.39, 0.29) is 20.6 Å². The maximum Gasteiger partial charge on any atom is 0.340 e. The predicted octanol–water partition coefficient (Wildman–Crippen LogP) is 5.68. The van der Waals surface area contributed by atoms with Crippen LogP contribution in [0.15, 0.2) is 6.07 Å². The van der Waals surface area contributed by atoms with E-state index < -0.39 is 5.97 Å². The zero-order valence-electron chi connectivity index (χ0n) is 11.8. The summed E-state index contributed by atoms with van der Waals surface area (Å²) in [6, 6.07) is 4.10. The Kier molecular flexibility index (Phi) is 7.14. The van der Waals surface area contributed by atoms with Gasteiger partial charge in [-0.3, -0.25) is 0 Å². The third kappa shape index (κ3) is 4.83. The molecule has 0 fully saturated rings. The second kappa shape index (κ2) is 8.11. The molecule has 2 nitrogen and oxygen atoms in total. The molecular weight excluding hydrogens is 319 g/mol. The van der Waals surface area contributed by atoms with Gasteiger partial charge in [0.2, 0.25) is 0 Å². The zero-order valence-corrected chi connectivity index (χ0v) is 14.1. The summed E-state index contributed by atoms with van der Waals surface area (Å²) in [4.78, 5) is 12.0. The molecule has 0 aromatic heterocycles. The molecule has 1 atom stereocenters. The van der Waals surface area contributed by atoms with Crippen LogP contribution in [0.2, 0.25) is 15.1 Å². The normalized spacial score (nSPS) is 12.6. The van der Waals surface area contributed by atoms with Crippen molar-refractivity contribution in [3.8, 4) is 0 Å². The van der Waals surface area contributed by atoms with E-state index >= 15 is 0 Å². The van der Waals surface area contributed by atoms with Crippen molar-refractivity contribution in [3.63, 3.8) is 0 Å². The Morgan fingerprint density at radius 2 is 2.00 bits per heavy atom. The van der Waals surface area contributed by atoms with E-state index in [2.05, 4.69) is 26.8 Å². The Hall–Kier alpha value is -0.440. The fourth-order valence-corrected chi connectivity index (χ4v) is 2.67. The summed E-state index contributed by atoms with van der Waals surface area (Å²) in [5.74, 6) is 0.553. The minimum absolute atomic E-state index is 0.0850. The van der Waals surface area contributed by atoms with Crippen molar-refractivity contribution < 1.29 is 9.53 Å². The molecule has 0 aliphatic rings. The number of carbonyl (C=O) groups is 1. The number of ether oxygens (including phenoxy) is 1. The largest absolute Gasteiger partial charge is 0.462 e. The molecule has 0 saturated carbocycles. The summed E-state index contributed by atoms with van der Waals surface area (Å²) in [6.45, 7) is 6.81. The SMILES string of the molecule is CCC(CCOC(=O)c1[c]c(Cl)cc(Cl)c1Cl)C(C)C. The van der Waals surface area contributed by atoms with Gasteiger partial charge in [-0.1, -0.05) is 62.0 Å². The highest BCUT2D eigenvalue weighted by atomic mass is 35.5. The van der Waals surface area contributed by atoms with Gasteiger partial charge in [-0.05, 0) is 24.3 Å². The Bertz CT molecular complexity index is 472. The van der Waals surface area contributed by atoms with Crippen LogP contribution in [0, 0.1) is 17.9 Å². The van der Waals surface area contributed by atoms with E-state index in [1.165, 1.54) is 6.07 Å². The number of benzene rings is 1. The number of hydrogen-bond acceptors (Lipinski definition) is 2. The molecular formula is C15H18Cl3O2. The van der Waals surface area contributed by atoms with Crippen molar-refractivity contribution >= 4 is 40.8 Å².